The summed E-state index contributed by atoms with van der Waals surface area (Å²) in [5, 5.41) is 8.40. The van der Waals surface area contributed by atoms with Gasteiger partial charge in [0.05, 0.1) is 26.3 Å². The molecule has 0 bridgehead atoms. The predicted molar refractivity (Wildman–Crippen MR) is 144 cm³/mol. The van der Waals surface area contributed by atoms with E-state index in [0.29, 0.717) is 23.1 Å². The molecule has 0 amide bonds. The molecule has 0 unspecified atom stereocenters. The third-order valence-corrected chi connectivity index (χ3v) is 6.56. The van der Waals surface area contributed by atoms with Crippen LogP contribution in [0.3, 0.4) is 0 Å². The number of rotatable bonds is 8. The van der Waals surface area contributed by atoms with Crippen molar-refractivity contribution < 1.29 is 18.9 Å². The van der Waals surface area contributed by atoms with Crippen LogP contribution in [0.4, 0.5) is 5.82 Å². The van der Waals surface area contributed by atoms with Crippen LogP contribution in [0, 0.1) is 0 Å². The molecule has 0 atom stereocenters. The lowest BCUT2D eigenvalue weighted by atomic mass is 9.99. The maximum atomic E-state index is 6.10. The number of benzene rings is 2. The van der Waals surface area contributed by atoms with Crippen molar-refractivity contribution >= 4 is 28.7 Å². The largest absolute Gasteiger partial charge is 0.497 e. The Labute approximate surface area is 215 Å². The lowest BCUT2D eigenvalue weighted by Gasteiger charge is -2.13. The van der Waals surface area contributed by atoms with E-state index in [1.54, 1.807) is 21.3 Å². The summed E-state index contributed by atoms with van der Waals surface area (Å²) in [6, 6.07) is 13.6. The van der Waals surface area contributed by atoms with Crippen LogP contribution in [0.5, 0.6) is 23.0 Å². The fourth-order valence-electron chi connectivity index (χ4n) is 4.82. The van der Waals surface area contributed by atoms with Gasteiger partial charge in [-0.1, -0.05) is 18.3 Å². The Morgan fingerprint density at radius 1 is 0.972 bits per heavy atom. The standard InChI is InChI=1S/C27H30N4O4S/c1-17(36)28-26-25(18-8-13-22(33-3)23(15-18)34-4)21-7-5-6-14-30-24(29-31(26)27(21)30)16-35-20-11-9-19(32-2)10-12-20/h8-13,15H,5-7,14,16H2,1-4H3,(H,28,36). The lowest BCUT2D eigenvalue weighted by molar-refractivity contribution is 0.288. The summed E-state index contributed by atoms with van der Waals surface area (Å²) in [6.07, 6.45) is 3.09. The first-order valence-corrected chi connectivity index (χ1v) is 12.3. The van der Waals surface area contributed by atoms with E-state index in [-0.39, 0.29) is 0 Å². The first-order valence-electron chi connectivity index (χ1n) is 11.9. The van der Waals surface area contributed by atoms with Crippen molar-refractivity contribution in [3.05, 3.63) is 53.9 Å². The molecule has 2 aromatic carbocycles. The molecule has 188 valence electrons. The molecule has 0 radical (unpaired) electrons. The highest BCUT2D eigenvalue weighted by atomic mass is 32.1. The van der Waals surface area contributed by atoms with Gasteiger partial charge in [0.15, 0.2) is 17.3 Å². The molecule has 0 spiro atoms. The number of aryl methyl sites for hydroxylation is 2. The maximum Gasteiger partial charge on any atom is 0.169 e. The molecule has 0 saturated carbocycles. The second-order valence-corrected chi connectivity index (χ2v) is 9.29. The first kappa shape index (κ1) is 24.0. The summed E-state index contributed by atoms with van der Waals surface area (Å²) in [5.41, 5.74) is 4.42. The van der Waals surface area contributed by atoms with Gasteiger partial charge in [-0.2, -0.15) is 4.52 Å². The quantitative estimate of drug-likeness (QED) is 0.316. The van der Waals surface area contributed by atoms with Crippen molar-refractivity contribution in [1.82, 2.24) is 14.2 Å². The lowest BCUT2D eigenvalue weighted by Crippen LogP contribution is -2.09. The predicted octanol–water partition coefficient (Wildman–Crippen LogP) is 5.50. The average Bonchev–Trinajstić information content (AvgIpc) is 3.29. The summed E-state index contributed by atoms with van der Waals surface area (Å²) in [7, 11) is 4.94. The molecular weight excluding hydrogens is 476 g/mol. The molecule has 36 heavy (non-hydrogen) atoms. The molecule has 3 heterocycles. The van der Waals surface area contributed by atoms with E-state index in [2.05, 4.69) is 16.0 Å². The number of methoxy groups -OCH3 is 3. The number of hydrogen-bond donors (Lipinski definition) is 1. The fourth-order valence-corrected chi connectivity index (χ4v) is 4.91. The third kappa shape index (κ3) is 4.35. The average molecular weight is 507 g/mol. The van der Waals surface area contributed by atoms with Crippen molar-refractivity contribution in [1.29, 1.82) is 0 Å². The molecule has 1 N–H and O–H groups in total. The zero-order chi connectivity index (χ0) is 25.2. The molecule has 8 nitrogen and oxygen atoms in total. The summed E-state index contributed by atoms with van der Waals surface area (Å²) < 4.78 is 26.7. The Kier molecular flexibility index (Phi) is 6.73. The highest BCUT2D eigenvalue weighted by Crippen LogP contribution is 2.42. The smallest absolute Gasteiger partial charge is 0.169 e. The van der Waals surface area contributed by atoms with E-state index in [4.69, 9.17) is 36.3 Å². The minimum atomic E-state index is 0.356. The molecule has 2 aromatic heterocycles. The zero-order valence-electron chi connectivity index (χ0n) is 21.0. The molecule has 1 aliphatic heterocycles. The van der Waals surface area contributed by atoms with Crippen molar-refractivity contribution in [3.63, 3.8) is 0 Å². The Balaban J connectivity index is 1.61. The van der Waals surface area contributed by atoms with E-state index in [1.807, 2.05) is 47.8 Å². The zero-order valence-corrected chi connectivity index (χ0v) is 21.8. The van der Waals surface area contributed by atoms with Crippen LogP contribution in [-0.4, -0.2) is 40.5 Å². The molecule has 1 aliphatic rings. The third-order valence-electron chi connectivity index (χ3n) is 6.46. The molecule has 0 fully saturated rings. The normalized spacial score (nSPS) is 12.8. The van der Waals surface area contributed by atoms with Crippen molar-refractivity contribution in [2.75, 3.05) is 26.6 Å². The van der Waals surface area contributed by atoms with Gasteiger partial charge in [-0.3, -0.25) is 0 Å². The van der Waals surface area contributed by atoms with Crippen LogP contribution in [0.2, 0.25) is 0 Å². The minimum Gasteiger partial charge on any atom is -0.497 e. The number of ether oxygens (including phenoxy) is 4. The summed E-state index contributed by atoms with van der Waals surface area (Å²) in [6.45, 7) is 3.11. The first-order chi connectivity index (χ1) is 17.5. The van der Waals surface area contributed by atoms with Gasteiger partial charge in [0, 0.05) is 17.7 Å². The van der Waals surface area contributed by atoms with Crippen LogP contribution in [0.1, 0.15) is 31.2 Å². The van der Waals surface area contributed by atoms with Crippen molar-refractivity contribution in [2.24, 2.45) is 0 Å². The summed E-state index contributed by atoms with van der Waals surface area (Å²) in [4.78, 5) is 0.672. The Hall–Kier alpha value is -3.72. The van der Waals surface area contributed by atoms with Gasteiger partial charge in [-0.15, -0.1) is 5.10 Å². The molecule has 9 heteroatoms. The molecule has 0 saturated heterocycles. The summed E-state index contributed by atoms with van der Waals surface area (Å²) >= 11 is 5.46. The molecule has 5 rings (SSSR count). The topological polar surface area (TPSA) is 71.2 Å². The molecule has 0 aliphatic carbocycles. The number of hydrogen-bond acceptors (Lipinski definition) is 6. The van der Waals surface area contributed by atoms with Crippen molar-refractivity contribution in [2.45, 2.75) is 39.3 Å². The highest BCUT2D eigenvalue weighted by molar-refractivity contribution is 7.80. The van der Waals surface area contributed by atoms with Crippen LogP contribution >= 0.6 is 12.2 Å². The second-order valence-electron chi connectivity index (χ2n) is 8.68. The van der Waals surface area contributed by atoms with Gasteiger partial charge in [0.25, 0.3) is 0 Å². The van der Waals surface area contributed by atoms with E-state index in [9.17, 15) is 0 Å². The second kappa shape index (κ2) is 10.1. The molecule has 4 aromatic rings. The highest BCUT2D eigenvalue weighted by Gasteiger charge is 2.28. The molecular formula is C27H30N4O4S. The van der Waals surface area contributed by atoms with Crippen LogP contribution in [0.15, 0.2) is 42.5 Å². The number of aromatic nitrogens is 3. The van der Waals surface area contributed by atoms with E-state index < -0.39 is 0 Å². The van der Waals surface area contributed by atoms with Gasteiger partial charge in [0.1, 0.15) is 29.6 Å². The van der Waals surface area contributed by atoms with Gasteiger partial charge < -0.3 is 28.8 Å². The fraction of sp³-hybridized carbons (Fsp3) is 0.333. The van der Waals surface area contributed by atoms with E-state index in [1.165, 1.54) is 5.56 Å². The van der Waals surface area contributed by atoms with Gasteiger partial charge in [0.2, 0.25) is 0 Å². The Morgan fingerprint density at radius 3 is 2.42 bits per heavy atom. The van der Waals surface area contributed by atoms with Gasteiger partial charge in [-0.25, -0.2) is 0 Å². The minimum absolute atomic E-state index is 0.356. The monoisotopic (exact) mass is 506 g/mol. The number of anilines is 1. The Morgan fingerprint density at radius 2 is 1.72 bits per heavy atom. The van der Waals surface area contributed by atoms with Crippen LogP contribution in [-0.2, 0) is 19.6 Å². The van der Waals surface area contributed by atoms with Crippen LogP contribution < -0.4 is 24.3 Å². The van der Waals surface area contributed by atoms with E-state index >= 15 is 0 Å². The van der Waals surface area contributed by atoms with E-state index in [0.717, 1.165) is 65.7 Å². The SMILES string of the molecule is COc1ccc(OCc2nn3c(NC(C)=S)c(-c4ccc(OC)c(OC)c4)c4c3n2CCCC4)cc1. The number of thiocarbonyl (C=S) groups is 1. The van der Waals surface area contributed by atoms with Gasteiger partial charge >= 0.3 is 0 Å². The summed E-state index contributed by atoms with van der Waals surface area (Å²) in [5.74, 6) is 4.66. The number of nitrogens with one attached hydrogen (secondary N) is 1. The van der Waals surface area contributed by atoms with Crippen molar-refractivity contribution in [3.8, 4) is 34.1 Å². The van der Waals surface area contributed by atoms with Crippen LogP contribution in [0.25, 0.3) is 16.8 Å². The Bertz CT molecular complexity index is 1410. The van der Waals surface area contributed by atoms with Gasteiger partial charge in [-0.05, 0) is 68.1 Å². The maximum absolute atomic E-state index is 6.10. The number of nitrogens with zero attached hydrogens (tertiary/aromatic N) is 3.